The van der Waals surface area contributed by atoms with Crippen LogP contribution >= 0.6 is 0 Å². The molecular weight excluding hydrogens is 271 g/mol. The van der Waals surface area contributed by atoms with E-state index >= 15 is 0 Å². The Labute approximate surface area is 137 Å². The van der Waals surface area contributed by atoms with Crippen LogP contribution < -0.4 is 4.68 Å². The molecule has 3 heterocycles. The molecule has 1 unspecified atom stereocenters. The van der Waals surface area contributed by atoms with Crippen LogP contribution in [0.4, 0.5) is 0 Å². The Hall–Kier alpha value is -2.04. The van der Waals surface area contributed by atoms with E-state index in [4.69, 9.17) is 0 Å². The van der Waals surface area contributed by atoms with Gasteiger partial charge in [0, 0.05) is 22.8 Å². The largest absolute Gasteiger partial charge is 0.274 e. The summed E-state index contributed by atoms with van der Waals surface area (Å²) in [5.41, 5.74) is 2.26. The number of para-hydroxylation sites is 2. The number of aromatic nitrogens is 4. The first-order valence-electron chi connectivity index (χ1n) is 7.42. The lowest BCUT2D eigenvalue weighted by Gasteiger charge is -2.00. The van der Waals surface area contributed by atoms with Crippen LogP contribution in [0.25, 0.3) is 17.0 Å². The molecule has 119 valence electrons. The molecule has 0 spiro atoms. The van der Waals surface area contributed by atoms with Gasteiger partial charge < -0.3 is 0 Å². The third kappa shape index (κ3) is 2.80. The number of imidazole rings is 1. The zero-order valence-electron chi connectivity index (χ0n) is 13.5. The van der Waals surface area contributed by atoms with Crippen LogP contribution in [0.2, 0.25) is 0 Å². The lowest BCUT2D eigenvalue weighted by molar-refractivity contribution is -0.779. The zero-order valence-corrected chi connectivity index (χ0v) is 13.5. The number of nitrogens with zero attached hydrogens (tertiary/aromatic N) is 4. The summed E-state index contributed by atoms with van der Waals surface area (Å²) in [6.07, 6.45) is 4.41. The second-order valence-electron chi connectivity index (χ2n) is 4.12. The van der Waals surface area contributed by atoms with Crippen LogP contribution in [0.15, 0.2) is 42.7 Å². The van der Waals surface area contributed by atoms with Crippen LogP contribution in [0, 0.1) is 0 Å². The summed E-state index contributed by atoms with van der Waals surface area (Å²) >= 11 is 0. The Morgan fingerprint density at radius 1 is 1.09 bits per heavy atom. The number of hydrogen-bond acceptors (Lipinski definition) is 1. The van der Waals surface area contributed by atoms with E-state index in [0.717, 1.165) is 11.5 Å². The van der Waals surface area contributed by atoms with Crippen molar-refractivity contribution in [3.8, 4) is 5.95 Å². The van der Waals surface area contributed by atoms with Gasteiger partial charge in [-0.25, -0.2) is 9.55 Å². The maximum atomic E-state index is 4.66. The lowest BCUT2D eigenvalue weighted by atomic mass is 10.3. The van der Waals surface area contributed by atoms with Gasteiger partial charge in [0.2, 0.25) is 0 Å². The highest BCUT2D eigenvalue weighted by Gasteiger charge is 2.34. The van der Waals surface area contributed by atoms with Gasteiger partial charge in [-0.1, -0.05) is 56.6 Å². The molecule has 4 rings (SSSR count). The molecule has 0 saturated carbocycles. The fourth-order valence-electron chi connectivity index (χ4n) is 2.51. The number of hydrogen-bond donors (Lipinski definition) is 0. The van der Waals surface area contributed by atoms with E-state index in [1.807, 2.05) is 46.0 Å². The Kier molecular flexibility index (Phi) is 7.64. The molecule has 1 aliphatic heterocycles. The quantitative estimate of drug-likeness (QED) is 0.454. The van der Waals surface area contributed by atoms with E-state index in [-0.39, 0.29) is 23.4 Å². The molecule has 4 nitrogen and oxygen atoms in total. The van der Waals surface area contributed by atoms with E-state index in [2.05, 4.69) is 50.2 Å². The fraction of sp³-hybridized carbons (Fsp3) is 0.412. The van der Waals surface area contributed by atoms with Crippen LogP contribution in [-0.4, -0.2) is 22.6 Å². The summed E-state index contributed by atoms with van der Waals surface area (Å²) in [7, 11) is 0. The van der Waals surface area contributed by atoms with Gasteiger partial charge in [0.15, 0.2) is 6.20 Å². The Balaban J connectivity index is 0. The second kappa shape index (κ2) is 8.42. The molecule has 22 heavy (non-hydrogen) atoms. The first-order valence-corrected chi connectivity index (χ1v) is 7.42. The van der Waals surface area contributed by atoms with E-state index in [1.54, 1.807) is 0 Å². The molecule has 3 radical (unpaired) electrons. The summed E-state index contributed by atoms with van der Waals surface area (Å²) < 4.78 is 6.52. The molecule has 0 fully saturated rings. The predicted octanol–water partition coefficient (Wildman–Crippen LogP) is 4.05. The lowest BCUT2D eigenvalue weighted by Crippen LogP contribution is -2.41. The van der Waals surface area contributed by atoms with E-state index in [1.165, 1.54) is 5.52 Å². The van der Waals surface area contributed by atoms with Gasteiger partial charge in [-0.2, -0.15) is 0 Å². The SMILES string of the molecule is C.CC.CC.CC1n2c(nc3ccccc32)-n2ccc[n+]21.[2HH].[B]. The van der Waals surface area contributed by atoms with Crippen molar-refractivity contribution >= 4 is 19.4 Å². The minimum atomic E-state index is 0. The number of rotatable bonds is 0. The monoisotopic (exact) mass is 301 g/mol. The van der Waals surface area contributed by atoms with Crippen LogP contribution in [0.3, 0.4) is 0 Å². The van der Waals surface area contributed by atoms with Crippen molar-refractivity contribution in [3.63, 3.8) is 0 Å². The summed E-state index contributed by atoms with van der Waals surface area (Å²) in [4.78, 5) is 4.66. The van der Waals surface area contributed by atoms with Crippen molar-refractivity contribution in [1.29, 1.82) is 0 Å². The maximum Gasteiger partial charge on any atom is 0.274 e. The predicted molar refractivity (Wildman–Crippen MR) is 96.7 cm³/mol. The molecule has 1 aliphatic rings. The molecule has 3 aromatic rings. The molecule has 1 aromatic carbocycles. The Morgan fingerprint density at radius 2 is 1.73 bits per heavy atom. The van der Waals surface area contributed by atoms with Gasteiger partial charge in [-0.15, -0.1) is 0 Å². The fourth-order valence-corrected chi connectivity index (χ4v) is 2.51. The minimum Gasteiger partial charge on any atom is -0.244 e. The minimum absolute atomic E-state index is 0. The molecule has 0 N–H and O–H groups in total. The van der Waals surface area contributed by atoms with Gasteiger partial charge in [-0.3, -0.25) is 0 Å². The molecule has 0 amide bonds. The normalized spacial score (nSPS) is 13.4. The van der Waals surface area contributed by atoms with Gasteiger partial charge in [-0.05, 0) is 12.1 Å². The zero-order chi connectivity index (χ0) is 14.7. The first-order chi connectivity index (χ1) is 9.86. The van der Waals surface area contributed by atoms with Crippen LogP contribution in [0.5, 0.6) is 0 Å². The summed E-state index contributed by atoms with van der Waals surface area (Å²) in [5, 5.41) is 0. The van der Waals surface area contributed by atoms with Crippen molar-refractivity contribution in [2.75, 3.05) is 0 Å². The third-order valence-electron chi connectivity index (χ3n) is 3.25. The van der Waals surface area contributed by atoms with E-state index in [0.29, 0.717) is 0 Å². The van der Waals surface area contributed by atoms with Crippen molar-refractivity contribution in [3.05, 3.63) is 42.7 Å². The van der Waals surface area contributed by atoms with Gasteiger partial charge in [0.1, 0.15) is 0 Å². The summed E-state index contributed by atoms with van der Waals surface area (Å²) in [6, 6.07) is 10.3. The van der Waals surface area contributed by atoms with Gasteiger partial charge in [0.05, 0.1) is 17.2 Å². The molecule has 1 atom stereocenters. The third-order valence-corrected chi connectivity index (χ3v) is 3.25. The molecule has 5 heteroatoms. The Bertz CT molecular complexity index is 706. The van der Waals surface area contributed by atoms with Gasteiger partial charge in [0.25, 0.3) is 12.1 Å². The molecule has 0 saturated heterocycles. The number of fused-ring (bicyclic) bond motifs is 5. The van der Waals surface area contributed by atoms with Crippen molar-refractivity contribution in [1.82, 2.24) is 14.2 Å². The van der Waals surface area contributed by atoms with Crippen molar-refractivity contribution < 1.29 is 6.11 Å². The molecular formula is C17H29BN4+. The van der Waals surface area contributed by atoms with Crippen molar-refractivity contribution in [2.24, 2.45) is 0 Å². The summed E-state index contributed by atoms with van der Waals surface area (Å²) in [6.45, 7) is 10.2. The average Bonchev–Trinajstić information content (AvgIpc) is 3.19. The highest BCUT2D eigenvalue weighted by molar-refractivity contribution is 5.77. The number of benzene rings is 1. The van der Waals surface area contributed by atoms with Gasteiger partial charge >= 0.3 is 0 Å². The molecule has 2 aromatic heterocycles. The Morgan fingerprint density at radius 3 is 2.41 bits per heavy atom. The average molecular weight is 301 g/mol. The van der Waals surface area contributed by atoms with Crippen molar-refractivity contribution in [2.45, 2.75) is 48.2 Å². The van der Waals surface area contributed by atoms with Crippen LogP contribution in [-0.2, 0) is 0 Å². The molecule has 0 aliphatic carbocycles. The van der Waals surface area contributed by atoms with E-state index < -0.39 is 0 Å². The topological polar surface area (TPSA) is 26.6 Å². The smallest absolute Gasteiger partial charge is 0.244 e. The highest BCUT2D eigenvalue weighted by Crippen LogP contribution is 2.25. The molecule has 0 bridgehead atoms. The van der Waals surface area contributed by atoms with Crippen LogP contribution in [0.1, 0.15) is 49.6 Å². The standard InChI is InChI=1S/C12H11N4.2C2H6.CH4.B.H2/c1-9-14-7-4-8-15(14)12-13-10-5-2-3-6-11(10)16(9)12;2*1-2;;;/h2-9H,1H3;2*1-2H3;1H4;;1H/q+1;;;;;/i;;;;;1+1. The van der Waals surface area contributed by atoms with E-state index in [9.17, 15) is 0 Å². The highest BCUT2D eigenvalue weighted by atomic mass is 15.6. The second-order valence-corrected chi connectivity index (χ2v) is 4.12. The maximum absolute atomic E-state index is 4.66. The summed E-state index contributed by atoms with van der Waals surface area (Å²) in [5.74, 6) is 0.999. The first kappa shape index (κ1) is 20.0.